The van der Waals surface area contributed by atoms with Gasteiger partial charge in [0.1, 0.15) is 6.10 Å². The fraction of sp³-hybridized carbons (Fsp3) is 0.579. The van der Waals surface area contributed by atoms with E-state index in [1.165, 1.54) is 0 Å². The van der Waals surface area contributed by atoms with Gasteiger partial charge in [-0.1, -0.05) is 12.2 Å². The molecule has 5 atom stereocenters. The Morgan fingerprint density at radius 3 is 2.82 bits per heavy atom. The summed E-state index contributed by atoms with van der Waals surface area (Å²) in [5.74, 6) is 1.87. The minimum absolute atomic E-state index is 0.0185. The van der Waals surface area contributed by atoms with Gasteiger partial charge in [-0.15, -0.1) is 0 Å². The molecule has 152 valence electrons. The largest absolute Gasteiger partial charge is 0.492 e. The first-order valence-corrected chi connectivity index (χ1v) is 11.0. The maximum absolute atomic E-state index is 12.0. The highest BCUT2D eigenvalue weighted by molar-refractivity contribution is 7.86. The molecular weight excluding hydrogens is 386 g/mol. The predicted octanol–water partition coefficient (Wildman–Crippen LogP) is 1.18. The van der Waals surface area contributed by atoms with Crippen molar-refractivity contribution in [1.82, 2.24) is 4.90 Å². The zero-order chi connectivity index (χ0) is 19.7. The SMILES string of the molecule is COc1c2c(cc3c1OCO3)[C@]13C=C[C@H](OC)C[C@H]1N(C2)CC3OS(C)(=O)=O. The van der Waals surface area contributed by atoms with Crippen LogP contribution in [0.1, 0.15) is 17.5 Å². The molecule has 0 aromatic heterocycles. The van der Waals surface area contributed by atoms with Gasteiger partial charge in [-0.3, -0.25) is 9.08 Å². The average molecular weight is 409 g/mol. The Bertz CT molecular complexity index is 960. The van der Waals surface area contributed by atoms with Gasteiger partial charge in [0.2, 0.25) is 12.5 Å². The molecule has 0 saturated carbocycles. The first-order chi connectivity index (χ1) is 13.4. The molecule has 0 N–H and O–H groups in total. The van der Waals surface area contributed by atoms with Crippen molar-refractivity contribution in [2.75, 3.05) is 33.8 Å². The van der Waals surface area contributed by atoms with E-state index in [9.17, 15) is 8.42 Å². The molecular formula is C19H23NO7S. The number of nitrogens with zero attached hydrogens (tertiary/aromatic N) is 1. The van der Waals surface area contributed by atoms with Gasteiger partial charge in [0.05, 0.1) is 24.9 Å². The molecule has 3 heterocycles. The number of hydrogen-bond donors (Lipinski definition) is 0. The average Bonchev–Trinajstić information content (AvgIpc) is 3.20. The fourth-order valence-corrected chi connectivity index (χ4v) is 5.90. The van der Waals surface area contributed by atoms with Crippen LogP contribution in [0, 0.1) is 0 Å². The summed E-state index contributed by atoms with van der Waals surface area (Å²) in [5.41, 5.74) is 1.34. The summed E-state index contributed by atoms with van der Waals surface area (Å²) in [6, 6.07) is 2.03. The number of ether oxygens (including phenoxy) is 4. The van der Waals surface area contributed by atoms with E-state index in [1.807, 2.05) is 12.1 Å². The third kappa shape index (κ3) is 2.43. The van der Waals surface area contributed by atoms with Crippen molar-refractivity contribution >= 4 is 10.1 Å². The number of rotatable bonds is 4. The highest BCUT2D eigenvalue weighted by Crippen LogP contribution is 2.58. The van der Waals surface area contributed by atoms with Crippen molar-refractivity contribution in [1.29, 1.82) is 0 Å². The standard InChI is InChI=1S/C19H23NO7S/c1-23-11-4-5-19-13-7-14-18(26-10-25-14)17(24-2)12(13)8-20(15(19)6-11)9-16(19)27-28(3,21)22/h4-5,7,11,15-16H,6,8-10H2,1-3H3/t11-,15+,16?,19+/m0/s1. The van der Waals surface area contributed by atoms with Gasteiger partial charge in [0, 0.05) is 31.8 Å². The summed E-state index contributed by atoms with van der Waals surface area (Å²) in [6.45, 7) is 1.26. The third-order valence-electron chi connectivity index (χ3n) is 6.32. The van der Waals surface area contributed by atoms with Gasteiger partial charge in [0.25, 0.3) is 10.1 Å². The number of methoxy groups -OCH3 is 2. The molecule has 1 aromatic rings. The molecule has 1 aliphatic carbocycles. The molecule has 1 aromatic carbocycles. The van der Waals surface area contributed by atoms with Crippen LogP contribution in [-0.4, -0.2) is 65.4 Å². The van der Waals surface area contributed by atoms with Gasteiger partial charge in [-0.25, -0.2) is 0 Å². The second-order valence-corrected chi connectivity index (χ2v) is 9.31. The van der Waals surface area contributed by atoms with Crippen LogP contribution < -0.4 is 14.2 Å². The molecule has 28 heavy (non-hydrogen) atoms. The van der Waals surface area contributed by atoms with Crippen molar-refractivity contribution in [3.63, 3.8) is 0 Å². The van der Waals surface area contributed by atoms with E-state index in [0.29, 0.717) is 30.3 Å². The summed E-state index contributed by atoms with van der Waals surface area (Å²) in [4.78, 5) is 2.26. The van der Waals surface area contributed by atoms with Gasteiger partial charge in [-0.2, -0.15) is 8.42 Å². The summed E-state index contributed by atoms with van der Waals surface area (Å²) in [6.07, 6.45) is 5.37. The second-order valence-electron chi connectivity index (χ2n) is 7.71. The van der Waals surface area contributed by atoms with Gasteiger partial charge >= 0.3 is 0 Å². The van der Waals surface area contributed by atoms with Crippen molar-refractivity contribution in [3.05, 3.63) is 29.3 Å². The van der Waals surface area contributed by atoms with Crippen molar-refractivity contribution in [3.8, 4) is 17.2 Å². The van der Waals surface area contributed by atoms with Crippen molar-refractivity contribution in [2.24, 2.45) is 0 Å². The maximum atomic E-state index is 12.0. The number of benzene rings is 1. The normalized spacial score (nSPS) is 34.8. The summed E-state index contributed by atoms with van der Waals surface area (Å²) in [5, 5.41) is 0. The smallest absolute Gasteiger partial charge is 0.264 e. The van der Waals surface area contributed by atoms with Crippen molar-refractivity contribution < 1.29 is 31.5 Å². The van der Waals surface area contributed by atoms with Crippen LogP contribution in [0.2, 0.25) is 0 Å². The van der Waals surface area contributed by atoms with E-state index in [0.717, 1.165) is 23.8 Å². The Hall–Kier alpha value is -1.81. The van der Waals surface area contributed by atoms with Gasteiger partial charge in [0.15, 0.2) is 11.5 Å². The van der Waals surface area contributed by atoms with Gasteiger partial charge in [-0.05, 0) is 18.1 Å². The molecule has 0 radical (unpaired) electrons. The Morgan fingerprint density at radius 2 is 2.11 bits per heavy atom. The van der Waals surface area contributed by atoms with Crippen LogP contribution in [0.15, 0.2) is 18.2 Å². The fourth-order valence-electron chi connectivity index (χ4n) is 5.26. The second kappa shape index (κ2) is 6.09. The number of hydrogen-bond acceptors (Lipinski definition) is 8. The Kier molecular flexibility index (Phi) is 3.97. The molecule has 5 rings (SSSR count). The molecule has 2 unspecified atom stereocenters. The Morgan fingerprint density at radius 1 is 1.29 bits per heavy atom. The van der Waals surface area contributed by atoms with E-state index in [-0.39, 0.29) is 18.9 Å². The predicted molar refractivity (Wildman–Crippen MR) is 99.3 cm³/mol. The summed E-state index contributed by atoms with van der Waals surface area (Å²) < 4.78 is 52.2. The van der Waals surface area contributed by atoms with Crippen LogP contribution in [0.25, 0.3) is 0 Å². The lowest BCUT2D eigenvalue weighted by Crippen LogP contribution is -2.53. The molecule has 4 aliphatic rings. The molecule has 3 aliphatic heterocycles. The minimum atomic E-state index is -3.63. The lowest BCUT2D eigenvalue weighted by atomic mass is 9.65. The maximum Gasteiger partial charge on any atom is 0.264 e. The van der Waals surface area contributed by atoms with E-state index in [1.54, 1.807) is 14.2 Å². The monoisotopic (exact) mass is 409 g/mol. The van der Waals surface area contributed by atoms with E-state index < -0.39 is 21.6 Å². The quantitative estimate of drug-likeness (QED) is 0.542. The van der Waals surface area contributed by atoms with Crippen LogP contribution in [0.3, 0.4) is 0 Å². The molecule has 0 spiro atoms. The molecule has 1 fully saturated rings. The zero-order valence-electron chi connectivity index (χ0n) is 16.0. The molecule has 1 saturated heterocycles. The minimum Gasteiger partial charge on any atom is -0.492 e. The molecule has 9 heteroatoms. The topological polar surface area (TPSA) is 83.5 Å². The van der Waals surface area contributed by atoms with Crippen LogP contribution in [-0.2, 0) is 31.0 Å². The highest BCUT2D eigenvalue weighted by atomic mass is 32.2. The van der Waals surface area contributed by atoms with E-state index in [2.05, 4.69) is 11.0 Å². The first kappa shape index (κ1) is 18.2. The van der Waals surface area contributed by atoms with E-state index >= 15 is 0 Å². The highest BCUT2D eigenvalue weighted by Gasteiger charge is 2.61. The Balaban J connectivity index is 1.74. The van der Waals surface area contributed by atoms with Gasteiger partial charge < -0.3 is 18.9 Å². The Labute approximate surface area is 164 Å². The summed E-state index contributed by atoms with van der Waals surface area (Å²) in [7, 11) is -0.331. The molecule has 0 amide bonds. The van der Waals surface area contributed by atoms with E-state index in [4.69, 9.17) is 23.1 Å². The third-order valence-corrected chi connectivity index (χ3v) is 6.90. The first-order valence-electron chi connectivity index (χ1n) is 9.21. The lowest BCUT2D eigenvalue weighted by Gasteiger charge is -2.47. The van der Waals surface area contributed by atoms with Crippen LogP contribution >= 0.6 is 0 Å². The lowest BCUT2D eigenvalue weighted by molar-refractivity contribution is 0.0688. The molecule has 2 bridgehead atoms. The van der Waals surface area contributed by atoms with Crippen LogP contribution in [0.5, 0.6) is 17.2 Å². The molecule has 8 nitrogen and oxygen atoms in total. The number of fused-ring (bicyclic) bond motifs is 2. The van der Waals surface area contributed by atoms with Crippen LogP contribution in [0.4, 0.5) is 0 Å². The summed E-state index contributed by atoms with van der Waals surface area (Å²) >= 11 is 0. The van der Waals surface area contributed by atoms with Crippen molar-refractivity contribution in [2.45, 2.75) is 36.6 Å². The zero-order valence-corrected chi connectivity index (χ0v) is 16.8.